The van der Waals surface area contributed by atoms with Crippen molar-refractivity contribution in [3.8, 4) is 0 Å². The van der Waals surface area contributed by atoms with Gasteiger partial charge in [-0.15, -0.1) is 11.3 Å². The molecule has 0 saturated carbocycles. The molecular weight excluding hydrogens is 234 g/mol. The number of nitrogens with zero attached hydrogens (tertiary/aromatic N) is 1. The first-order valence-corrected chi connectivity index (χ1v) is 7.08. The van der Waals surface area contributed by atoms with Crippen LogP contribution in [0.3, 0.4) is 0 Å². The number of Topliss-reactive ketones (excluding diaryl/α,β-unsaturated/α-hetero) is 1. The van der Waals surface area contributed by atoms with Crippen LogP contribution in [-0.2, 0) is 4.74 Å². The van der Waals surface area contributed by atoms with Crippen LogP contribution in [0.5, 0.6) is 0 Å². The van der Waals surface area contributed by atoms with Gasteiger partial charge >= 0.3 is 0 Å². The van der Waals surface area contributed by atoms with Crippen molar-refractivity contribution in [3.05, 3.63) is 22.4 Å². The third-order valence-electron chi connectivity index (χ3n) is 3.03. The first-order chi connectivity index (χ1) is 8.29. The van der Waals surface area contributed by atoms with Crippen molar-refractivity contribution in [2.75, 3.05) is 26.2 Å². The Morgan fingerprint density at radius 3 is 3.24 bits per heavy atom. The van der Waals surface area contributed by atoms with Crippen LogP contribution in [0.1, 0.15) is 29.4 Å². The number of rotatable bonds is 5. The van der Waals surface area contributed by atoms with E-state index in [1.54, 1.807) is 0 Å². The highest BCUT2D eigenvalue weighted by Crippen LogP contribution is 2.15. The van der Waals surface area contributed by atoms with Crippen LogP contribution < -0.4 is 0 Å². The summed E-state index contributed by atoms with van der Waals surface area (Å²) in [5.41, 5.74) is 0. The van der Waals surface area contributed by atoms with Crippen molar-refractivity contribution in [1.29, 1.82) is 0 Å². The molecule has 1 aromatic heterocycles. The van der Waals surface area contributed by atoms with Gasteiger partial charge in [0, 0.05) is 13.2 Å². The number of carbonyl (C=O) groups excluding carboxylic acids is 1. The average Bonchev–Trinajstić information content (AvgIpc) is 2.83. The minimum Gasteiger partial charge on any atom is -0.377 e. The summed E-state index contributed by atoms with van der Waals surface area (Å²) in [5, 5.41) is 1.95. The summed E-state index contributed by atoms with van der Waals surface area (Å²) in [6.45, 7) is 5.23. The quantitative estimate of drug-likeness (QED) is 0.755. The standard InChI is InChI=1S/C13H19NO2S/c1-2-16-11-5-3-7-14(9-11)10-12(15)13-6-4-8-17-13/h4,6,8,11H,2-3,5,7,9-10H2,1H3. The predicted molar refractivity (Wildman–Crippen MR) is 69.7 cm³/mol. The van der Waals surface area contributed by atoms with E-state index in [9.17, 15) is 4.79 Å². The molecule has 1 aliphatic heterocycles. The normalized spacial score (nSPS) is 21.6. The van der Waals surface area contributed by atoms with Gasteiger partial charge in [0.1, 0.15) is 0 Å². The largest absolute Gasteiger partial charge is 0.377 e. The molecule has 0 aromatic carbocycles. The van der Waals surface area contributed by atoms with Crippen molar-refractivity contribution in [2.45, 2.75) is 25.9 Å². The van der Waals surface area contributed by atoms with E-state index in [4.69, 9.17) is 4.74 Å². The monoisotopic (exact) mass is 253 g/mol. The number of hydrogen-bond donors (Lipinski definition) is 0. The summed E-state index contributed by atoms with van der Waals surface area (Å²) < 4.78 is 5.63. The van der Waals surface area contributed by atoms with Gasteiger partial charge in [-0.1, -0.05) is 6.07 Å². The molecule has 0 N–H and O–H groups in total. The Bertz CT molecular complexity index is 348. The lowest BCUT2D eigenvalue weighted by atomic mass is 10.1. The molecule has 1 aromatic rings. The number of thiophene rings is 1. The van der Waals surface area contributed by atoms with Crippen LogP contribution in [0.4, 0.5) is 0 Å². The van der Waals surface area contributed by atoms with Crippen LogP contribution in [0, 0.1) is 0 Å². The Balaban J connectivity index is 1.84. The zero-order chi connectivity index (χ0) is 12.1. The van der Waals surface area contributed by atoms with Gasteiger partial charge in [0.15, 0.2) is 5.78 Å². The van der Waals surface area contributed by atoms with Crippen LogP contribution >= 0.6 is 11.3 Å². The number of ketones is 1. The van der Waals surface area contributed by atoms with E-state index in [1.807, 2.05) is 24.4 Å². The molecule has 0 radical (unpaired) electrons. The fourth-order valence-electron chi connectivity index (χ4n) is 2.25. The molecule has 1 fully saturated rings. The predicted octanol–water partition coefficient (Wildman–Crippen LogP) is 2.43. The fraction of sp³-hybridized carbons (Fsp3) is 0.615. The highest BCUT2D eigenvalue weighted by atomic mass is 32.1. The number of hydrogen-bond acceptors (Lipinski definition) is 4. The molecule has 1 saturated heterocycles. The van der Waals surface area contributed by atoms with E-state index in [-0.39, 0.29) is 5.78 Å². The first-order valence-electron chi connectivity index (χ1n) is 6.20. The molecule has 2 heterocycles. The second-order valence-electron chi connectivity index (χ2n) is 4.36. The van der Waals surface area contributed by atoms with Crippen LogP contribution in [0.2, 0.25) is 0 Å². The van der Waals surface area contributed by atoms with E-state index in [0.717, 1.165) is 37.4 Å². The van der Waals surface area contributed by atoms with Crippen molar-refractivity contribution < 1.29 is 9.53 Å². The van der Waals surface area contributed by atoms with Crippen molar-refractivity contribution in [1.82, 2.24) is 4.90 Å². The summed E-state index contributed by atoms with van der Waals surface area (Å²) in [6.07, 6.45) is 2.56. The summed E-state index contributed by atoms with van der Waals surface area (Å²) in [6, 6.07) is 3.83. The molecule has 0 amide bonds. The number of likely N-dealkylation sites (tertiary alicyclic amines) is 1. The third-order valence-corrected chi connectivity index (χ3v) is 3.94. The highest BCUT2D eigenvalue weighted by molar-refractivity contribution is 7.12. The Hall–Kier alpha value is -0.710. The maximum atomic E-state index is 12.0. The zero-order valence-electron chi connectivity index (χ0n) is 10.2. The number of piperidine rings is 1. The van der Waals surface area contributed by atoms with E-state index in [2.05, 4.69) is 4.90 Å². The lowest BCUT2D eigenvalue weighted by Crippen LogP contribution is -2.42. The summed E-state index contributed by atoms with van der Waals surface area (Å²) in [5.74, 6) is 0.233. The Labute approximate surface area is 106 Å². The maximum Gasteiger partial charge on any atom is 0.186 e. The zero-order valence-corrected chi connectivity index (χ0v) is 11.0. The molecule has 0 bridgehead atoms. The molecule has 17 heavy (non-hydrogen) atoms. The lowest BCUT2D eigenvalue weighted by Gasteiger charge is -2.31. The molecule has 0 aliphatic carbocycles. The van der Waals surface area contributed by atoms with E-state index < -0.39 is 0 Å². The first kappa shape index (κ1) is 12.7. The highest BCUT2D eigenvalue weighted by Gasteiger charge is 2.22. The van der Waals surface area contributed by atoms with Gasteiger partial charge in [-0.05, 0) is 37.8 Å². The smallest absolute Gasteiger partial charge is 0.186 e. The fourth-order valence-corrected chi connectivity index (χ4v) is 2.90. The molecule has 1 aliphatic rings. The van der Waals surface area contributed by atoms with Gasteiger partial charge in [0.25, 0.3) is 0 Å². The molecule has 4 heteroatoms. The molecular formula is C13H19NO2S. The minimum atomic E-state index is 0.233. The summed E-state index contributed by atoms with van der Waals surface area (Å²) in [4.78, 5) is 15.0. The Kier molecular flexibility index (Phi) is 4.71. The third kappa shape index (κ3) is 3.63. The Morgan fingerprint density at radius 1 is 1.65 bits per heavy atom. The van der Waals surface area contributed by atoms with Gasteiger partial charge in [-0.25, -0.2) is 0 Å². The SMILES string of the molecule is CCOC1CCCN(CC(=O)c2cccs2)C1. The van der Waals surface area contributed by atoms with Gasteiger partial charge in [-0.3, -0.25) is 9.69 Å². The average molecular weight is 253 g/mol. The summed E-state index contributed by atoms with van der Waals surface area (Å²) >= 11 is 1.52. The van der Waals surface area contributed by atoms with E-state index in [1.165, 1.54) is 11.3 Å². The minimum absolute atomic E-state index is 0.233. The molecule has 3 nitrogen and oxygen atoms in total. The van der Waals surface area contributed by atoms with E-state index in [0.29, 0.717) is 12.6 Å². The Morgan fingerprint density at radius 2 is 2.53 bits per heavy atom. The summed E-state index contributed by atoms with van der Waals surface area (Å²) in [7, 11) is 0. The number of carbonyl (C=O) groups is 1. The van der Waals surface area contributed by atoms with Crippen LogP contribution in [-0.4, -0.2) is 43.0 Å². The number of ether oxygens (including phenoxy) is 1. The van der Waals surface area contributed by atoms with Gasteiger partial charge in [-0.2, -0.15) is 0 Å². The maximum absolute atomic E-state index is 12.0. The molecule has 1 unspecified atom stereocenters. The molecule has 1 atom stereocenters. The van der Waals surface area contributed by atoms with Gasteiger partial charge < -0.3 is 4.74 Å². The van der Waals surface area contributed by atoms with Gasteiger partial charge in [0.05, 0.1) is 17.5 Å². The van der Waals surface area contributed by atoms with Crippen molar-refractivity contribution in [3.63, 3.8) is 0 Å². The topological polar surface area (TPSA) is 29.5 Å². The second-order valence-corrected chi connectivity index (χ2v) is 5.30. The van der Waals surface area contributed by atoms with Crippen molar-refractivity contribution >= 4 is 17.1 Å². The van der Waals surface area contributed by atoms with E-state index >= 15 is 0 Å². The van der Waals surface area contributed by atoms with Crippen LogP contribution in [0.15, 0.2) is 17.5 Å². The molecule has 0 spiro atoms. The molecule has 2 rings (SSSR count). The second kappa shape index (κ2) is 6.28. The lowest BCUT2D eigenvalue weighted by molar-refractivity contribution is 0.00722. The van der Waals surface area contributed by atoms with Gasteiger partial charge in [0.2, 0.25) is 0 Å². The van der Waals surface area contributed by atoms with Crippen LogP contribution in [0.25, 0.3) is 0 Å². The molecule has 94 valence electrons. The van der Waals surface area contributed by atoms with Crippen molar-refractivity contribution in [2.24, 2.45) is 0 Å².